The molecule has 19 N–H and O–H groups in total. The van der Waals surface area contributed by atoms with Crippen molar-refractivity contribution in [1.82, 2.24) is 77.5 Å². The summed E-state index contributed by atoms with van der Waals surface area (Å²) in [6.45, 7) is -0.498. The third-order valence-corrected chi connectivity index (χ3v) is 27.0. The number of carboxylic acid groups (broad SMARTS) is 3. The lowest BCUT2D eigenvalue weighted by molar-refractivity contribution is -0.153. The largest absolute Gasteiger partial charge is 0.489 e. The summed E-state index contributed by atoms with van der Waals surface area (Å²) in [7, 11) is -14.8. The van der Waals surface area contributed by atoms with E-state index in [9.17, 15) is 97.4 Å². The van der Waals surface area contributed by atoms with E-state index < -0.39 is 194 Å². The van der Waals surface area contributed by atoms with Crippen molar-refractivity contribution in [3.05, 3.63) is 161 Å². The molecule has 4 saturated heterocycles. The van der Waals surface area contributed by atoms with Gasteiger partial charge in [0.2, 0.25) is 17.7 Å². The van der Waals surface area contributed by atoms with Crippen molar-refractivity contribution >= 4 is 168 Å². The maximum Gasteiger partial charge on any atom is 0.362 e. The number of oxime groups is 3. The number of hydrogen-bond donors (Lipinski definition) is 13. The first kappa shape index (κ1) is 103. The van der Waals surface area contributed by atoms with Gasteiger partial charge in [-0.25, -0.2) is 57.2 Å². The van der Waals surface area contributed by atoms with Gasteiger partial charge in [-0.05, 0) is 118 Å². The van der Waals surface area contributed by atoms with Crippen LogP contribution >= 0.6 is 34.0 Å². The van der Waals surface area contributed by atoms with E-state index in [1.54, 1.807) is 72.8 Å². The second-order valence-electron chi connectivity index (χ2n) is 31.6. The van der Waals surface area contributed by atoms with E-state index in [1.807, 2.05) is 0 Å². The number of carbonyl (C=O) groups is 9. The van der Waals surface area contributed by atoms with Crippen LogP contribution in [0.3, 0.4) is 0 Å². The number of ketones is 3. The number of hydrogen-bond acceptors (Lipinski definition) is 43. The number of rotatable bonds is 45. The van der Waals surface area contributed by atoms with Gasteiger partial charge in [0, 0.05) is 58.6 Å². The lowest BCUT2D eigenvalue weighted by atomic mass is 9.84. The molecule has 0 bridgehead atoms. The van der Waals surface area contributed by atoms with E-state index in [4.69, 9.17) is 63.1 Å². The highest BCUT2D eigenvalue weighted by Gasteiger charge is 2.57. The normalized spacial score (nSPS) is 20.1. The number of aromatic nitrogens is 12. The number of nitrogen functional groups attached to an aromatic ring is 3. The summed E-state index contributed by atoms with van der Waals surface area (Å²) in [5.41, 5.74) is 36.0. The summed E-state index contributed by atoms with van der Waals surface area (Å²) in [6, 6.07) is 16.7. The van der Waals surface area contributed by atoms with Crippen LogP contribution in [0.25, 0.3) is 0 Å². The molecule has 4 aliphatic heterocycles. The molecule has 2 aliphatic carbocycles. The molecule has 6 aliphatic rings. The van der Waals surface area contributed by atoms with E-state index in [0.29, 0.717) is 51.4 Å². The van der Waals surface area contributed by atoms with E-state index in [0.717, 1.165) is 98.5 Å². The Balaban J connectivity index is 0.000000177. The molecule has 6 aromatic heterocycles. The van der Waals surface area contributed by atoms with E-state index in [2.05, 4.69) is 81.0 Å². The van der Waals surface area contributed by atoms with Gasteiger partial charge >= 0.3 is 48.8 Å². The first-order valence-corrected chi connectivity index (χ1v) is 49.0. The third-order valence-electron chi connectivity index (χ3n) is 22.2. The van der Waals surface area contributed by atoms with Crippen LogP contribution in [0.5, 0.6) is 17.2 Å². The summed E-state index contributed by atoms with van der Waals surface area (Å²) in [4.78, 5) is 167. The number of anilines is 3. The fraction of sp³-hybridized carbons (Fsp3) is 0.392. The summed E-state index contributed by atoms with van der Waals surface area (Å²) in [6.07, 6.45) is 8.83. The first-order chi connectivity index (χ1) is 66.7. The monoisotopic (exact) mass is 2050 g/mol. The molecular formula is C79H90N28O27S6. The second-order valence-corrected chi connectivity index (χ2v) is 38.2. The number of amides is 3. The number of β-lactam (4-membered cyclic amide) rings is 3. The lowest BCUT2D eigenvalue weighted by Gasteiger charge is -2.43. The van der Waals surface area contributed by atoms with Gasteiger partial charge in [-0.2, -0.15) is 40.5 Å². The van der Waals surface area contributed by atoms with Crippen molar-refractivity contribution < 1.29 is 126 Å². The number of amidine groups is 3. The van der Waals surface area contributed by atoms with Crippen LogP contribution in [0.4, 0.5) is 15.4 Å². The number of nitrogens with one attached hydrogen (secondary N) is 1. The topological polar surface area (TPSA) is 816 Å². The Kier molecular flexibility index (Phi) is 33.4. The number of Topliss-reactive ketones (excluding diaryl/α,β-unsaturated/α-hetero) is 3. The molecule has 61 heteroatoms. The van der Waals surface area contributed by atoms with E-state index >= 15 is 0 Å². The number of aliphatic imine (C=N–C) groups is 3. The minimum absolute atomic E-state index is 0.0544. The zero-order valence-electron chi connectivity index (χ0n) is 73.0. The fourth-order valence-corrected chi connectivity index (χ4v) is 19.2. The van der Waals surface area contributed by atoms with Gasteiger partial charge in [-0.3, -0.25) is 71.4 Å². The molecule has 0 radical (unpaired) electrons. The average molecular weight is 2060 g/mol. The summed E-state index contributed by atoms with van der Waals surface area (Å²) < 4.78 is 121. The lowest BCUT2D eigenvalue weighted by Crippen LogP contribution is -2.64. The van der Waals surface area contributed by atoms with Crippen molar-refractivity contribution in [3.63, 3.8) is 0 Å². The predicted molar refractivity (Wildman–Crippen MR) is 492 cm³/mol. The molecule has 9 aromatic rings. The Morgan fingerprint density at radius 3 is 0.943 bits per heavy atom. The summed E-state index contributed by atoms with van der Waals surface area (Å²) in [5.74, 6) is -11.5. The number of aliphatic carboxylic acids is 3. The molecule has 3 aromatic carbocycles. The molecule has 15 rings (SSSR count). The van der Waals surface area contributed by atoms with Gasteiger partial charge in [0.25, 0.3) is 18.3 Å². The van der Waals surface area contributed by atoms with Crippen molar-refractivity contribution in [2.24, 2.45) is 65.4 Å². The molecule has 744 valence electrons. The number of benzene rings is 3. The Morgan fingerprint density at radius 1 is 0.429 bits per heavy atom. The number of nitrogens with zero attached hydrogens (tertiary/aromatic N) is 21. The van der Waals surface area contributed by atoms with Crippen molar-refractivity contribution in [2.45, 2.75) is 145 Å². The van der Waals surface area contributed by atoms with Crippen molar-refractivity contribution in [2.75, 3.05) is 50.1 Å². The third kappa shape index (κ3) is 26.5. The maximum atomic E-state index is 13.5. The minimum Gasteiger partial charge on any atom is -0.489 e. The smallest absolute Gasteiger partial charge is 0.362 e. The number of nitrogens with two attached hydrogens (primary N) is 6. The molecule has 0 unspecified atom stereocenters. The van der Waals surface area contributed by atoms with Crippen LogP contribution in [0.15, 0.2) is 157 Å². The maximum absolute atomic E-state index is 13.5. The van der Waals surface area contributed by atoms with E-state index in [1.165, 1.54) is 68.1 Å². The van der Waals surface area contributed by atoms with Crippen LogP contribution in [-0.2, 0) is 108 Å². The van der Waals surface area contributed by atoms with Gasteiger partial charge in [-0.15, -0.1) is 34.0 Å². The molecule has 55 nitrogen and oxygen atoms in total. The highest BCUT2D eigenvalue weighted by molar-refractivity contribution is 7.84. The van der Waals surface area contributed by atoms with Crippen LogP contribution in [0.2, 0.25) is 0 Å². The Labute approximate surface area is 805 Å². The molecule has 2 saturated carbocycles. The average Bonchev–Trinajstić information content (AvgIpc) is 0.951. The van der Waals surface area contributed by atoms with Gasteiger partial charge in [0.15, 0.2) is 49.9 Å². The van der Waals surface area contributed by atoms with Crippen LogP contribution in [-0.4, -0.2) is 301 Å². The minimum atomic E-state index is -4.94. The molecule has 0 spiro atoms. The summed E-state index contributed by atoms with van der Waals surface area (Å²) in [5, 5.41) is 59.7. The molecular weight excluding hydrogens is 1970 g/mol. The number of carbonyl (C=O) groups excluding carboxylic acids is 6. The predicted octanol–water partition coefficient (Wildman–Crippen LogP) is -0.450. The van der Waals surface area contributed by atoms with Crippen LogP contribution in [0.1, 0.15) is 104 Å². The molecule has 10 heterocycles. The summed E-state index contributed by atoms with van der Waals surface area (Å²) >= 11 is 2.91. The molecule has 10 atom stereocenters. The zero-order chi connectivity index (χ0) is 100. The van der Waals surface area contributed by atoms with E-state index in [-0.39, 0.29) is 83.2 Å². The molecule has 6 fully saturated rings. The standard InChI is InChI=1S/C27H31N9O9S2.C26H30N10O9S2.C26H29N9O9S2/c28-24(32-16-3-1-2-4-16)15-5-7-17(8-6-15)44-11-22(26(39)40)45-34-23(19-12-46-27(29)33-19)21(37)9-18-20(10-35-14-30-13-31-35)36(25(18)38)47(41,42)43;27-23(32-15-5-6-29-8-15)14-1-3-16(4-2-14)44-10-21(25(39)40)45-34-22(18-11-46-26(28)33-18)20(37)7-17-19(9-35-13-30-12-31-35)36(24(17)38)47(41,42)43;27-23(31-15-2-1-3-15)14-4-6-16(7-5-14)43-10-21(25(38)39)44-33-22(18-11-45-26(28)32-18)20(36)8-17-19(9-34-13-29-12-30-34)35(24(17)37)46(40,41)42/h5-8,12-14,16,18,20,22H,1-4,9-11H2,(H2,28,32)(H2,29,33)(H,39,40)(H,41,42,43);1-4,11-13,15,17,19,21,29H,5-10H2,(H2,27,32)(H2,28,33)(H,39,40)(H,41,42,43);4-7,11-13,15,17,19,21H,1-3,8-10H2,(H2,27,31)(H2,28,32)(H,38,39)(H,40,41,42)/b34-23-;34-22-;33-22-/t18-,20+,22-;15-,17-,19+,21-;17-,19+,21-/m000/s1. The Bertz CT molecular complexity index is 6270. The number of ether oxygens (including phenoxy) is 3. The highest BCUT2D eigenvalue weighted by atomic mass is 32.2. The molecule has 3 amide bonds. The quantitative estimate of drug-likeness (QED) is 0.00756. The van der Waals surface area contributed by atoms with Crippen molar-refractivity contribution in [3.8, 4) is 17.2 Å². The van der Waals surface area contributed by atoms with Crippen LogP contribution in [0, 0.1) is 17.8 Å². The second kappa shape index (κ2) is 45.6. The number of thiazole rings is 3. The van der Waals surface area contributed by atoms with Gasteiger partial charge in [-0.1, -0.05) is 28.3 Å². The SMILES string of the molecule is NC(=NC1CCC1)c1ccc(OC[C@H](O/N=C(\C(=O)C[C@@H]2C(=O)N(S(=O)(=O)O)[C@@H]2Cn2cncn2)c2csc(N)n2)C(=O)O)cc1.NC(=NC1CCCC1)c1ccc(OC[C@H](O/N=C(\C(=O)C[C@@H]2C(=O)N(S(=O)(=O)O)[C@@H]2Cn2cncn2)c2csc(N)n2)C(=O)O)cc1.NC(=N[C@H]1CCNC1)c1ccc(OC[C@H](O/N=C(\C(=O)C[C@@H]2C(=O)N(S(=O)(=O)O)[C@@H]2Cn2cncn2)c2csc(N)n2)C(=O)O)cc1. The zero-order valence-corrected chi connectivity index (χ0v) is 77.9. The number of carboxylic acids is 3. The highest BCUT2D eigenvalue weighted by Crippen LogP contribution is 2.38. The van der Waals surface area contributed by atoms with Gasteiger partial charge in [0.1, 0.15) is 110 Å². The molecule has 140 heavy (non-hydrogen) atoms. The van der Waals surface area contributed by atoms with Gasteiger partial charge < -0.3 is 83.8 Å². The Hall–Kier alpha value is -14.9. The van der Waals surface area contributed by atoms with Crippen molar-refractivity contribution in [1.29, 1.82) is 0 Å². The fourth-order valence-electron chi connectivity index (χ4n) is 14.8. The van der Waals surface area contributed by atoms with Gasteiger partial charge in [0.05, 0.1) is 73.6 Å². The van der Waals surface area contributed by atoms with Crippen LogP contribution < -0.4 is 53.9 Å². The first-order valence-electron chi connectivity index (χ1n) is 42.1. The Morgan fingerprint density at radius 2 is 0.714 bits per heavy atom.